The molecule has 110 valence electrons. The van der Waals surface area contributed by atoms with Crippen LogP contribution in [0.2, 0.25) is 5.28 Å². The fraction of sp³-hybridized carbons (Fsp3) is 0.143. The van der Waals surface area contributed by atoms with Gasteiger partial charge in [0, 0.05) is 17.5 Å². The number of hydrogen-bond donors (Lipinski definition) is 2. The van der Waals surface area contributed by atoms with Gasteiger partial charge in [0.05, 0.1) is 24.6 Å². The molecule has 0 aliphatic carbocycles. The number of nitrogens with one attached hydrogen (secondary N) is 1. The minimum atomic E-state index is -0.000270. The van der Waals surface area contributed by atoms with Gasteiger partial charge in [0.1, 0.15) is 11.2 Å². The molecule has 22 heavy (non-hydrogen) atoms. The summed E-state index contributed by atoms with van der Waals surface area (Å²) in [6.45, 7) is 0.402. The van der Waals surface area contributed by atoms with Crippen LogP contribution in [0.25, 0.3) is 33.3 Å². The Bertz CT molecular complexity index is 976. The van der Waals surface area contributed by atoms with Gasteiger partial charge < -0.3 is 9.67 Å². The first-order valence-electron chi connectivity index (χ1n) is 6.69. The van der Waals surface area contributed by atoms with Crippen molar-refractivity contribution in [3.05, 3.63) is 36.0 Å². The van der Waals surface area contributed by atoms with Crippen LogP contribution >= 0.6 is 11.6 Å². The van der Waals surface area contributed by atoms with Crippen LogP contribution in [-0.2, 0) is 6.54 Å². The first-order valence-corrected chi connectivity index (χ1v) is 7.07. The topological polar surface area (TPSA) is 92.5 Å². The second-order valence-electron chi connectivity index (χ2n) is 4.81. The highest BCUT2D eigenvalue weighted by Gasteiger charge is 2.16. The molecule has 0 radical (unpaired) electrons. The van der Waals surface area contributed by atoms with Crippen molar-refractivity contribution in [2.24, 2.45) is 0 Å². The number of benzene rings is 1. The lowest BCUT2D eigenvalue weighted by atomic mass is 10.1. The van der Waals surface area contributed by atoms with Crippen molar-refractivity contribution < 1.29 is 5.11 Å². The Morgan fingerprint density at radius 3 is 3.05 bits per heavy atom. The molecular weight excluding hydrogens is 304 g/mol. The highest BCUT2D eigenvalue weighted by molar-refractivity contribution is 6.28. The number of aliphatic hydroxyl groups is 1. The Hall–Kier alpha value is -2.51. The van der Waals surface area contributed by atoms with E-state index in [0.717, 1.165) is 16.5 Å². The maximum atomic E-state index is 9.13. The van der Waals surface area contributed by atoms with Crippen LogP contribution in [-0.4, -0.2) is 41.4 Å². The summed E-state index contributed by atoms with van der Waals surface area (Å²) >= 11 is 6.08. The lowest BCUT2D eigenvalue weighted by Gasteiger charge is -2.05. The fourth-order valence-corrected chi connectivity index (χ4v) is 2.72. The molecule has 4 aromatic rings. The normalized spacial score (nSPS) is 11.5. The highest BCUT2D eigenvalue weighted by atomic mass is 35.5. The predicted molar refractivity (Wildman–Crippen MR) is 82.5 cm³/mol. The Labute approximate surface area is 129 Å². The van der Waals surface area contributed by atoms with Gasteiger partial charge in [-0.3, -0.25) is 5.10 Å². The van der Waals surface area contributed by atoms with Gasteiger partial charge in [0.15, 0.2) is 5.65 Å². The van der Waals surface area contributed by atoms with E-state index in [9.17, 15) is 0 Å². The van der Waals surface area contributed by atoms with Crippen molar-refractivity contribution >= 4 is 33.7 Å². The van der Waals surface area contributed by atoms with E-state index in [1.54, 1.807) is 17.1 Å². The summed E-state index contributed by atoms with van der Waals surface area (Å²) in [4.78, 5) is 13.0. The van der Waals surface area contributed by atoms with Crippen molar-refractivity contribution in [1.82, 2.24) is 29.7 Å². The summed E-state index contributed by atoms with van der Waals surface area (Å²) < 4.78 is 1.75. The Morgan fingerprint density at radius 2 is 2.18 bits per heavy atom. The van der Waals surface area contributed by atoms with E-state index in [1.807, 2.05) is 18.2 Å². The summed E-state index contributed by atoms with van der Waals surface area (Å²) in [5.74, 6) is 0. The maximum Gasteiger partial charge on any atom is 0.225 e. The van der Waals surface area contributed by atoms with Gasteiger partial charge in [-0.15, -0.1) is 0 Å². The minimum Gasteiger partial charge on any atom is -0.395 e. The van der Waals surface area contributed by atoms with E-state index in [0.29, 0.717) is 23.4 Å². The first kappa shape index (κ1) is 13.2. The van der Waals surface area contributed by atoms with E-state index < -0.39 is 0 Å². The van der Waals surface area contributed by atoms with Gasteiger partial charge in [0.2, 0.25) is 5.28 Å². The zero-order valence-corrected chi connectivity index (χ0v) is 12.1. The summed E-state index contributed by atoms with van der Waals surface area (Å²) in [5, 5.41) is 17.2. The average molecular weight is 315 g/mol. The van der Waals surface area contributed by atoms with Crippen LogP contribution in [0.5, 0.6) is 0 Å². The number of halogens is 1. The van der Waals surface area contributed by atoms with Crippen LogP contribution in [0, 0.1) is 0 Å². The summed E-state index contributed by atoms with van der Waals surface area (Å²) in [5.41, 5.74) is 3.69. The number of H-pyrrole nitrogens is 1. The number of rotatable bonds is 3. The molecule has 0 fully saturated rings. The van der Waals surface area contributed by atoms with E-state index in [1.165, 1.54) is 0 Å². The molecule has 0 aliphatic rings. The van der Waals surface area contributed by atoms with Crippen LogP contribution < -0.4 is 0 Å². The minimum absolute atomic E-state index is 0.000270. The van der Waals surface area contributed by atoms with Gasteiger partial charge in [-0.1, -0.05) is 12.1 Å². The van der Waals surface area contributed by atoms with Crippen molar-refractivity contribution in [3.8, 4) is 11.3 Å². The standard InChI is InChI=1S/C14H11ClN6O/c15-14-18-11(8-2-1-3-10-9(8)6-17-20-10)12-13(19-14)21(4-5-22)7-16-12/h1-3,6-7,22H,4-5H2,(H,17,20). The molecule has 0 atom stereocenters. The Kier molecular flexibility index (Phi) is 3.02. The van der Waals surface area contributed by atoms with Gasteiger partial charge in [-0.2, -0.15) is 10.1 Å². The van der Waals surface area contributed by atoms with E-state index in [4.69, 9.17) is 16.7 Å². The van der Waals surface area contributed by atoms with Gasteiger partial charge in [-0.25, -0.2) is 9.97 Å². The smallest absolute Gasteiger partial charge is 0.225 e. The molecular formula is C14H11ClN6O. The molecule has 8 heteroatoms. The van der Waals surface area contributed by atoms with Crippen molar-refractivity contribution in [3.63, 3.8) is 0 Å². The van der Waals surface area contributed by atoms with Crippen LogP contribution in [0.4, 0.5) is 0 Å². The molecule has 4 rings (SSSR count). The predicted octanol–water partition coefficient (Wildman–Crippen LogP) is 2.02. The molecule has 3 aromatic heterocycles. The van der Waals surface area contributed by atoms with Crippen molar-refractivity contribution in [2.75, 3.05) is 6.61 Å². The Balaban J connectivity index is 2.04. The number of imidazole rings is 1. The number of aliphatic hydroxyl groups excluding tert-OH is 1. The van der Waals surface area contributed by atoms with Gasteiger partial charge >= 0.3 is 0 Å². The highest BCUT2D eigenvalue weighted by Crippen LogP contribution is 2.31. The SMILES string of the molecule is OCCn1cnc2c(-c3cccc4[nH]ncc34)nc(Cl)nc21. The lowest BCUT2D eigenvalue weighted by Crippen LogP contribution is -2.02. The van der Waals surface area contributed by atoms with Gasteiger partial charge in [-0.05, 0) is 17.7 Å². The molecule has 7 nitrogen and oxygen atoms in total. The van der Waals surface area contributed by atoms with Crippen LogP contribution in [0.3, 0.4) is 0 Å². The van der Waals surface area contributed by atoms with Crippen molar-refractivity contribution in [2.45, 2.75) is 6.54 Å². The van der Waals surface area contributed by atoms with Crippen LogP contribution in [0.15, 0.2) is 30.7 Å². The summed E-state index contributed by atoms with van der Waals surface area (Å²) in [6.07, 6.45) is 3.38. The third kappa shape index (κ3) is 1.94. The van der Waals surface area contributed by atoms with E-state index in [-0.39, 0.29) is 11.9 Å². The monoisotopic (exact) mass is 314 g/mol. The third-order valence-electron chi connectivity index (χ3n) is 3.52. The summed E-state index contributed by atoms with van der Waals surface area (Å²) in [6, 6.07) is 5.81. The molecule has 1 aromatic carbocycles. The van der Waals surface area contributed by atoms with Crippen molar-refractivity contribution in [1.29, 1.82) is 0 Å². The fourth-order valence-electron chi connectivity index (χ4n) is 2.55. The number of fused-ring (bicyclic) bond motifs is 2. The number of aromatic amines is 1. The number of nitrogens with zero attached hydrogens (tertiary/aromatic N) is 5. The molecule has 0 amide bonds. The van der Waals surface area contributed by atoms with E-state index in [2.05, 4.69) is 25.1 Å². The number of aromatic nitrogens is 6. The molecule has 2 N–H and O–H groups in total. The zero-order valence-electron chi connectivity index (χ0n) is 11.4. The molecule has 0 bridgehead atoms. The summed E-state index contributed by atoms with van der Waals surface area (Å²) in [7, 11) is 0. The molecule has 0 saturated heterocycles. The first-order chi connectivity index (χ1) is 10.8. The largest absolute Gasteiger partial charge is 0.395 e. The zero-order chi connectivity index (χ0) is 15.1. The Morgan fingerprint density at radius 1 is 1.27 bits per heavy atom. The van der Waals surface area contributed by atoms with Crippen LogP contribution in [0.1, 0.15) is 0 Å². The average Bonchev–Trinajstić information content (AvgIpc) is 3.14. The molecule has 0 aliphatic heterocycles. The second kappa shape index (κ2) is 5.04. The third-order valence-corrected chi connectivity index (χ3v) is 3.69. The second-order valence-corrected chi connectivity index (χ2v) is 5.15. The molecule has 0 spiro atoms. The quantitative estimate of drug-likeness (QED) is 0.564. The van der Waals surface area contributed by atoms with Gasteiger partial charge in [0.25, 0.3) is 0 Å². The number of hydrogen-bond acceptors (Lipinski definition) is 5. The maximum absolute atomic E-state index is 9.13. The molecule has 0 unspecified atom stereocenters. The molecule has 3 heterocycles. The lowest BCUT2D eigenvalue weighted by molar-refractivity contribution is 0.277. The molecule has 0 saturated carbocycles. The van der Waals surface area contributed by atoms with E-state index >= 15 is 0 Å².